The molecule has 2 aromatic carbocycles. The van der Waals surface area contributed by atoms with E-state index < -0.39 is 0 Å². The zero-order valence-electron chi connectivity index (χ0n) is 18.2. The summed E-state index contributed by atoms with van der Waals surface area (Å²) in [5.41, 5.74) is 7.55. The Morgan fingerprint density at radius 3 is 2.84 bits per heavy atom. The molecule has 1 aromatic heterocycles. The molecule has 1 aliphatic heterocycles. The number of hydrogen-bond acceptors (Lipinski definition) is 7. The summed E-state index contributed by atoms with van der Waals surface area (Å²) in [6.45, 7) is 6.64. The number of rotatable bonds is 6. The van der Waals surface area contributed by atoms with Gasteiger partial charge >= 0.3 is 0 Å². The van der Waals surface area contributed by atoms with Gasteiger partial charge in [0.2, 0.25) is 0 Å². The van der Waals surface area contributed by atoms with Crippen molar-refractivity contribution in [2.45, 2.75) is 43.0 Å². The van der Waals surface area contributed by atoms with Crippen molar-refractivity contribution in [1.29, 1.82) is 0 Å². The van der Waals surface area contributed by atoms with Crippen LogP contribution in [0.25, 0.3) is 0 Å². The Kier molecular flexibility index (Phi) is 6.53. The third-order valence-electron chi connectivity index (χ3n) is 5.08. The topological polar surface area (TPSA) is 68.6 Å². The molecule has 4 rings (SSSR count). The lowest BCUT2D eigenvalue weighted by Gasteiger charge is -2.23. The summed E-state index contributed by atoms with van der Waals surface area (Å²) in [5, 5.41) is 0. The van der Waals surface area contributed by atoms with Crippen LogP contribution in [0.3, 0.4) is 0 Å². The molecule has 0 radical (unpaired) electrons. The highest BCUT2D eigenvalue weighted by Crippen LogP contribution is 2.32. The van der Waals surface area contributed by atoms with E-state index in [4.69, 9.17) is 14.6 Å². The number of hydrogen-bond donors (Lipinski definition) is 1. The third-order valence-corrected chi connectivity index (χ3v) is 6.09. The monoisotopic (exact) mass is 434 g/mol. The number of nitrogens with zero attached hydrogens (tertiary/aromatic N) is 3. The molecule has 0 aliphatic carbocycles. The first-order valence-electron chi connectivity index (χ1n) is 10.2. The fourth-order valence-electron chi connectivity index (χ4n) is 3.49. The minimum Gasteiger partial charge on any atom is -0.497 e. The van der Waals surface area contributed by atoms with Crippen LogP contribution in [0.1, 0.15) is 28.2 Å². The minimum absolute atomic E-state index is 0.0163. The van der Waals surface area contributed by atoms with Crippen LogP contribution < -0.4 is 10.2 Å². The first-order valence-corrected chi connectivity index (χ1v) is 11.0. The number of benzene rings is 2. The van der Waals surface area contributed by atoms with Gasteiger partial charge in [0.15, 0.2) is 5.84 Å². The molecule has 0 fully saturated rings. The lowest BCUT2D eigenvalue weighted by molar-refractivity contribution is 0.0621. The first-order chi connectivity index (χ1) is 15.0. The van der Waals surface area contributed by atoms with Gasteiger partial charge in [0, 0.05) is 11.1 Å². The normalized spacial score (nSPS) is 15.9. The van der Waals surface area contributed by atoms with Crippen molar-refractivity contribution < 1.29 is 9.57 Å². The van der Waals surface area contributed by atoms with Crippen LogP contribution in [0.15, 0.2) is 63.4 Å². The van der Waals surface area contributed by atoms with Crippen LogP contribution in [0.4, 0.5) is 0 Å². The third kappa shape index (κ3) is 5.24. The van der Waals surface area contributed by atoms with Gasteiger partial charge in [-0.25, -0.2) is 15.4 Å². The van der Waals surface area contributed by atoms with E-state index in [0.29, 0.717) is 18.3 Å². The number of aromatic nitrogens is 2. The van der Waals surface area contributed by atoms with Crippen LogP contribution in [-0.4, -0.2) is 35.6 Å². The summed E-state index contributed by atoms with van der Waals surface area (Å²) in [5.74, 6) is 2.13. The largest absolute Gasteiger partial charge is 0.497 e. The van der Waals surface area contributed by atoms with Crippen molar-refractivity contribution in [2.24, 2.45) is 4.99 Å². The van der Waals surface area contributed by atoms with Crippen molar-refractivity contribution in [2.75, 3.05) is 13.7 Å². The summed E-state index contributed by atoms with van der Waals surface area (Å²) in [4.78, 5) is 21.6. The van der Waals surface area contributed by atoms with E-state index in [-0.39, 0.29) is 6.04 Å². The number of aryl methyl sites for hydroxylation is 3. The van der Waals surface area contributed by atoms with Crippen LogP contribution in [-0.2, 0) is 11.3 Å². The second-order valence-electron chi connectivity index (χ2n) is 7.59. The van der Waals surface area contributed by atoms with Crippen LogP contribution >= 0.6 is 11.8 Å². The first kappa shape index (κ1) is 21.3. The van der Waals surface area contributed by atoms with Gasteiger partial charge in [-0.3, -0.25) is 9.83 Å². The zero-order chi connectivity index (χ0) is 21.8. The molecule has 3 aromatic rings. The van der Waals surface area contributed by atoms with Gasteiger partial charge in [0.05, 0.1) is 24.7 Å². The Balaban J connectivity index is 1.62. The Hall–Kier alpha value is -2.90. The molecular weight excluding hydrogens is 408 g/mol. The fraction of sp³-hybridized carbons (Fsp3) is 0.292. The lowest BCUT2D eigenvalue weighted by Crippen LogP contribution is -2.37. The summed E-state index contributed by atoms with van der Waals surface area (Å²) in [7, 11) is 1.66. The van der Waals surface area contributed by atoms with Crippen molar-refractivity contribution in [3.05, 3.63) is 76.9 Å². The smallest absolute Gasteiger partial charge is 0.173 e. The number of methoxy groups -OCH3 is 1. The molecule has 160 valence electrons. The Bertz CT molecular complexity index is 1120. The average Bonchev–Trinajstić information content (AvgIpc) is 2.77. The lowest BCUT2D eigenvalue weighted by atomic mass is 9.99. The van der Waals surface area contributed by atoms with E-state index in [1.165, 1.54) is 16.7 Å². The Morgan fingerprint density at radius 2 is 2.03 bits per heavy atom. The number of nitrogens with one attached hydrogen (secondary N) is 1. The summed E-state index contributed by atoms with van der Waals surface area (Å²) in [6, 6.07) is 14.5. The van der Waals surface area contributed by atoms with Gasteiger partial charge < -0.3 is 4.74 Å². The van der Waals surface area contributed by atoms with E-state index in [0.717, 1.165) is 27.7 Å². The van der Waals surface area contributed by atoms with E-state index >= 15 is 0 Å². The number of amidine groups is 1. The molecule has 7 heteroatoms. The van der Waals surface area contributed by atoms with Gasteiger partial charge in [0.25, 0.3) is 0 Å². The number of hydroxylamine groups is 1. The summed E-state index contributed by atoms with van der Waals surface area (Å²) >= 11 is 1.57. The number of ether oxygens (including phenoxy) is 1. The molecule has 0 unspecified atom stereocenters. The van der Waals surface area contributed by atoms with Crippen molar-refractivity contribution in [3.8, 4) is 5.75 Å². The summed E-state index contributed by atoms with van der Waals surface area (Å²) < 4.78 is 5.35. The maximum absolute atomic E-state index is 5.70. The van der Waals surface area contributed by atoms with Gasteiger partial charge in [-0.2, -0.15) is 0 Å². The maximum Gasteiger partial charge on any atom is 0.173 e. The van der Waals surface area contributed by atoms with E-state index in [2.05, 4.69) is 47.5 Å². The van der Waals surface area contributed by atoms with Crippen molar-refractivity contribution >= 4 is 17.6 Å². The fourth-order valence-corrected chi connectivity index (χ4v) is 4.41. The average molecular weight is 435 g/mol. The predicted octanol–water partition coefficient (Wildman–Crippen LogP) is 4.45. The molecule has 0 amide bonds. The molecule has 6 nitrogen and oxygen atoms in total. The molecule has 0 saturated carbocycles. The second kappa shape index (κ2) is 9.49. The van der Waals surface area contributed by atoms with Crippen LogP contribution in [0, 0.1) is 20.8 Å². The minimum atomic E-state index is 0.0163. The van der Waals surface area contributed by atoms with Crippen molar-refractivity contribution in [1.82, 2.24) is 15.4 Å². The van der Waals surface area contributed by atoms with Crippen LogP contribution in [0.2, 0.25) is 0 Å². The predicted molar refractivity (Wildman–Crippen MR) is 123 cm³/mol. The SMILES string of the molecule is COc1cccc(Sc2cnc(C)nc2C2=N[C@@H](Cc3ccc(C)cc3C)CON2)c1. The molecule has 0 bridgehead atoms. The molecular formula is C24H26N4O2S. The highest BCUT2D eigenvalue weighted by molar-refractivity contribution is 7.99. The zero-order valence-corrected chi connectivity index (χ0v) is 19.0. The second-order valence-corrected chi connectivity index (χ2v) is 8.71. The highest BCUT2D eigenvalue weighted by Gasteiger charge is 2.22. The molecule has 0 spiro atoms. The molecule has 1 N–H and O–H groups in total. The van der Waals surface area contributed by atoms with Gasteiger partial charge in [-0.1, -0.05) is 41.6 Å². The van der Waals surface area contributed by atoms with E-state index in [9.17, 15) is 0 Å². The standard InChI is InChI=1S/C24H26N4O2S/c1-15-8-9-18(16(2)10-15)11-19-14-30-28-24(27-19)23-22(13-25-17(3)26-23)31-21-7-5-6-20(12-21)29-4/h5-10,12-13,19H,11,14H2,1-4H3,(H,27,28)/t19-/m0/s1. The van der Waals surface area contributed by atoms with Gasteiger partial charge in [-0.15, -0.1) is 0 Å². The number of aliphatic imine (C=N–C) groups is 1. The van der Waals surface area contributed by atoms with Gasteiger partial charge in [0.1, 0.15) is 17.3 Å². The quantitative estimate of drug-likeness (QED) is 0.618. The molecule has 31 heavy (non-hydrogen) atoms. The van der Waals surface area contributed by atoms with Crippen molar-refractivity contribution in [3.63, 3.8) is 0 Å². The Labute approximate surface area is 187 Å². The summed E-state index contributed by atoms with van der Waals surface area (Å²) in [6.07, 6.45) is 2.65. The maximum atomic E-state index is 5.70. The Morgan fingerprint density at radius 1 is 1.16 bits per heavy atom. The van der Waals surface area contributed by atoms with E-state index in [1.54, 1.807) is 18.9 Å². The van der Waals surface area contributed by atoms with Crippen LogP contribution in [0.5, 0.6) is 5.75 Å². The molecule has 1 atom stereocenters. The highest BCUT2D eigenvalue weighted by atomic mass is 32.2. The van der Waals surface area contributed by atoms with E-state index in [1.807, 2.05) is 37.4 Å². The molecule has 2 heterocycles. The van der Waals surface area contributed by atoms with Gasteiger partial charge in [-0.05, 0) is 56.5 Å². The molecule has 1 aliphatic rings. The molecule has 0 saturated heterocycles.